The van der Waals surface area contributed by atoms with Crippen LogP contribution in [0.5, 0.6) is 0 Å². The third kappa shape index (κ3) is 2.36. The zero-order valence-electron chi connectivity index (χ0n) is 11.9. The molecule has 0 spiro atoms. The lowest BCUT2D eigenvalue weighted by atomic mass is 10.2. The van der Waals surface area contributed by atoms with E-state index >= 15 is 0 Å². The summed E-state index contributed by atoms with van der Waals surface area (Å²) in [4.78, 5) is 8.67. The van der Waals surface area contributed by atoms with E-state index in [4.69, 9.17) is 4.42 Å². The molecule has 0 bridgehead atoms. The number of fused-ring (bicyclic) bond motifs is 1. The number of hydrogen-bond acceptors (Lipinski definition) is 5. The van der Waals surface area contributed by atoms with Crippen LogP contribution in [0.15, 0.2) is 65.7 Å². The standard InChI is InChI=1S/C16H12N4O.H3N/c1-2-5-12(6-3-1)10-20-16-13(9-19-20)15(17-11-18-16)14-7-4-8-21-14;/h1-9,11H,10H2;1H3. The SMILES string of the molecule is N.c1ccc(Cn2ncc3c(-c4ccco4)ncnc32)cc1. The molecule has 4 rings (SSSR count). The highest BCUT2D eigenvalue weighted by molar-refractivity contribution is 5.88. The summed E-state index contributed by atoms with van der Waals surface area (Å²) in [5, 5.41) is 5.33. The molecule has 1 aromatic carbocycles. The summed E-state index contributed by atoms with van der Waals surface area (Å²) in [6.45, 7) is 0.680. The number of nitrogens with zero attached hydrogens (tertiary/aromatic N) is 4. The summed E-state index contributed by atoms with van der Waals surface area (Å²) in [7, 11) is 0. The van der Waals surface area contributed by atoms with E-state index in [-0.39, 0.29) is 6.15 Å². The van der Waals surface area contributed by atoms with E-state index in [1.54, 1.807) is 18.8 Å². The minimum absolute atomic E-state index is 0. The van der Waals surface area contributed by atoms with Gasteiger partial charge in [-0.15, -0.1) is 0 Å². The van der Waals surface area contributed by atoms with Gasteiger partial charge in [-0.1, -0.05) is 30.3 Å². The van der Waals surface area contributed by atoms with Crippen molar-refractivity contribution in [3.05, 3.63) is 66.8 Å². The molecule has 110 valence electrons. The molecule has 0 unspecified atom stereocenters. The van der Waals surface area contributed by atoms with Crippen LogP contribution in [-0.2, 0) is 6.54 Å². The third-order valence-corrected chi connectivity index (χ3v) is 3.36. The predicted molar refractivity (Wildman–Crippen MR) is 83.6 cm³/mol. The molecule has 4 aromatic rings. The van der Waals surface area contributed by atoms with Gasteiger partial charge < -0.3 is 10.6 Å². The van der Waals surface area contributed by atoms with Gasteiger partial charge in [0.05, 0.1) is 24.4 Å². The fourth-order valence-electron chi connectivity index (χ4n) is 2.37. The van der Waals surface area contributed by atoms with Crippen LogP contribution in [0.3, 0.4) is 0 Å². The number of benzene rings is 1. The minimum Gasteiger partial charge on any atom is -0.463 e. The summed E-state index contributed by atoms with van der Waals surface area (Å²) in [5.74, 6) is 0.724. The highest BCUT2D eigenvalue weighted by atomic mass is 16.3. The van der Waals surface area contributed by atoms with Crippen LogP contribution in [0.4, 0.5) is 0 Å². The van der Waals surface area contributed by atoms with Crippen molar-refractivity contribution in [1.82, 2.24) is 25.9 Å². The van der Waals surface area contributed by atoms with Gasteiger partial charge in [-0.3, -0.25) is 0 Å². The maximum Gasteiger partial charge on any atom is 0.162 e. The van der Waals surface area contributed by atoms with E-state index in [1.165, 1.54) is 5.56 Å². The molecular weight excluding hydrogens is 278 g/mol. The summed E-state index contributed by atoms with van der Waals surface area (Å²) in [5.41, 5.74) is 2.75. The lowest BCUT2D eigenvalue weighted by molar-refractivity contribution is 0.580. The maximum atomic E-state index is 5.43. The molecule has 0 saturated carbocycles. The van der Waals surface area contributed by atoms with Crippen LogP contribution in [0, 0.1) is 0 Å². The van der Waals surface area contributed by atoms with Crippen molar-refractivity contribution < 1.29 is 4.42 Å². The largest absolute Gasteiger partial charge is 0.463 e. The Bertz CT molecular complexity index is 868. The first-order valence-electron chi connectivity index (χ1n) is 6.66. The lowest BCUT2D eigenvalue weighted by Crippen LogP contribution is -2.02. The predicted octanol–water partition coefficient (Wildman–Crippen LogP) is 3.30. The van der Waals surface area contributed by atoms with Gasteiger partial charge in [0.2, 0.25) is 0 Å². The summed E-state index contributed by atoms with van der Waals surface area (Å²) in [6, 6.07) is 13.9. The number of aromatic nitrogens is 4. The van der Waals surface area contributed by atoms with Gasteiger partial charge in [0.1, 0.15) is 12.0 Å². The molecule has 0 amide bonds. The van der Waals surface area contributed by atoms with Gasteiger partial charge in [0, 0.05) is 0 Å². The van der Waals surface area contributed by atoms with Crippen molar-refractivity contribution in [3.8, 4) is 11.5 Å². The van der Waals surface area contributed by atoms with Gasteiger partial charge in [0.15, 0.2) is 11.4 Å². The monoisotopic (exact) mass is 293 g/mol. The van der Waals surface area contributed by atoms with Gasteiger partial charge in [-0.05, 0) is 17.7 Å². The summed E-state index contributed by atoms with van der Waals surface area (Å²) < 4.78 is 7.30. The van der Waals surface area contributed by atoms with Crippen molar-refractivity contribution in [2.24, 2.45) is 0 Å². The Hall–Kier alpha value is -2.99. The number of rotatable bonds is 3. The van der Waals surface area contributed by atoms with Crippen LogP contribution in [0.25, 0.3) is 22.5 Å². The van der Waals surface area contributed by atoms with Gasteiger partial charge in [-0.25, -0.2) is 14.6 Å². The van der Waals surface area contributed by atoms with Crippen LogP contribution < -0.4 is 6.15 Å². The van der Waals surface area contributed by atoms with Gasteiger partial charge in [-0.2, -0.15) is 5.10 Å². The summed E-state index contributed by atoms with van der Waals surface area (Å²) >= 11 is 0. The van der Waals surface area contributed by atoms with Crippen molar-refractivity contribution in [1.29, 1.82) is 0 Å². The van der Waals surface area contributed by atoms with E-state index in [1.807, 2.05) is 35.0 Å². The first-order valence-corrected chi connectivity index (χ1v) is 6.66. The fraction of sp³-hybridized carbons (Fsp3) is 0.0625. The minimum atomic E-state index is 0. The second-order valence-electron chi connectivity index (χ2n) is 4.72. The molecule has 0 radical (unpaired) electrons. The Morgan fingerprint density at radius 2 is 1.86 bits per heavy atom. The molecule has 0 aliphatic heterocycles. The quantitative estimate of drug-likeness (QED) is 0.625. The lowest BCUT2D eigenvalue weighted by Gasteiger charge is -2.03. The molecule has 3 heterocycles. The van der Waals surface area contributed by atoms with Crippen LogP contribution in [0.1, 0.15) is 5.56 Å². The normalized spacial score (nSPS) is 10.5. The average Bonchev–Trinajstić information content (AvgIpc) is 3.18. The average molecular weight is 293 g/mol. The molecule has 22 heavy (non-hydrogen) atoms. The third-order valence-electron chi connectivity index (χ3n) is 3.36. The van der Waals surface area contributed by atoms with Gasteiger partial charge in [0.25, 0.3) is 0 Å². The van der Waals surface area contributed by atoms with E-state index in [0.717, 1.165) is 22.5 Å². The zero-order chi connectivity index (χ0) is 14.1. The maximum absolute atomic E-state index is 5.43. The molecule has 0 aliphatic carbocycles. The van der Waals surface area contributed by atoms with Crippen LogP contribution >= 0.6 is 0 Å². The number of hydrogen-bond donors (Lipinski definition) is 1. The fourth-order valence-corrected chi connectivity index (χ4v) is 2.37. The highest BCUT2D eigenvalue weighted by Crippen LogP contribution is 2.25. The van der Waals surface area contributed by atoms with Crippen molar-refractivity contribution in [2.75, 3.05) is 0 Å². The smallest absolute Gasteiger partial charge is 0.162 e. The van der Waals surface area contributed by atoms with E-state index < -0.39 is 0 Å². The molecule has 0 aliphatic rings. The second kappa shape index (κ2) is 5.79. The topological polar surface area (TPSA) is 91.7 Å². The molecule has 3 aromatic heterocycles. The van der Waals surface area contributed by atoms with E-state index in [9.17, 15) is 0 Å². The number of furan rings is 1. The molecule has 3 N–H and O–H groups in total. The first-order chi connectivity index (χ1) is 10.4. The first kappa shape index (κ1) is 14.0. The molecule has 6 nitrogen and oxygen atoms in total. The summed E-state index contributed by atoms with van der Waals surface area (Å²) in [6.07, 6.45) is 4.97. The highest BCUT2D eigenvalue weighted by Gasteiger charge is 2.13. The second-order valence-corrected chi connectivity index (χ2v) is 4.72. The Morgan fingerprint density at radius 1 is 1.00 bits per heavy atom. The van der Waals surface area contributed by atoms with Crippen molar-refractivity contribution >= 4 is 11.0 Å². The van der Waals surface area contributed by atoms with Gasteiger partial charge >= 0.3 is 0 Å². The Kier molecular flexibility index (Phi) is 3.67. The Labute approximate surface area is 127 Å². The molecule has 0 fully saturated rings. The molecule has 0 saturated heterocycles. The molecular formula is C16H15N5O. The Balaban J connectivity index is 0.00000144. The van der Waals surface area contributed by atoms with Crippen molar-refractivity contribution in [3.63, 3.8) is 0 Å². The molecule has 0 atom stereocenters. The molecule has 6 heteroatoms. The van der Waals surface area contributed by atoms with Crippen molar-refractivity contribution in [2.45, 2.75) is 6.54 Å². The van der Waals surface area contributed by atoms with Crippen LogP contribution in [-0.4, -0.2) is 19.7 Å². The zero-order valence-corrected chi connectivity index (χ0v) is 11.9. The van der Waals surface area contributed by atoms with Crippen LogP contribution in [0.2, 0.25) is 0 Å². The van der Waals surface area contributed by atoms with E-state index in [0.29, 0.717) is 6.54 Å². The Morgan fingerprint density at radius 3 is 2.64 bits per heavy atom. The van der Waals surface area contributed by atoms with E-state index in [2.05, 4.69) is 27.2 Å².